The van der Waals surface area contributed by atoms with Gasteiger partial charge in [0, 0.05) is 5.92 Å². The zero-order valence-electron chi connectivity index (χ0n) is 13.1. The van der Waals surface area contributed by atoms with Crippen LogP contribution in [0, 0.1) is 11.8 Å². The fourth-order valence-electron chi connectivity index (χ4n) is 3.16. The first-order valence-electron chi connectivity index (χ1n) is 8.24. The summed E-state index contributed by atoms with van der Waals surface area (Å²) in [4.78, 5) is 4.57. The highest BCUT2D eigenvalue weighted by Gasteiger charge is 2.27. The SMILES string of the molecule is CCCC1CCC(c2noc(C(N)C(C)CC)n2)CC1. The van der Waals surface area contributed by atoms with Crippen LogP contribution in [0.4, 0.5) is 0 Å². The van der Waals surface area contributed by atoms with E-state index in [4.69, 9.17) is 10.3 Å². The van der Waals surface area contributed by atoms with E-state index >= 15 is 0 Å². The van der Waals surface area contributed by atoms with Crippen molar-refractivity contribution >= 4 is 0 Å². The van der Waals surface area contributed by atoms with Gasteiger partial charge in [0.1, 0.15) is 0 Å². The second-order valence-electron chi connectivity index (χ2n) is 6.41. The summed E-state index contributed by atoms with van der Waals surface area (Å²) in [6.45, 7) is 6.54. The summed E-state index contributed by atoms with van der Waals surface area (Å²) in [7, 11) is 0. The predicted octanol–water partition coefficient (Wildman–Crippen LogP) is 4.19. The summed E-state index contributed by atoms with van der Waals surface area (Å²) in [5.41, 5.74) is 6.16. The van der Waals surface area contributed by atoms with E-state index in [1.165, 1.54) is 38.5 Å². The number of hydrogen-bond donors (Lipinski definition) is 1. The van der Waals surface area contributed by atoms with Crippen molar-refractivity contribution in [1.82, 2.24) is 10.1 Å². The molecule has 1 saturated carbocycles. The lowest BCUT2D eigenvalue weighted by Gasteiger charge is -2.26. The Hall–Kier alpha value is -0.900. The maximum absolute atomic E-state index is 6.16. The molecule has 0 amide bonds. The van der Waals surface area contributed by atoms with Gasteiger partial charge in [-0.15, -0.1) is 0 Å². The molecule has 0 aliphatic heterocycles. The largest absolute Gasteiger partial charge is 0.338 e. The second-order valence-corrected chi connectivity index (χ2v) is 6.41. The van der Waals surface area contributed by atoms with Crippen LogP contribution < -0.4 is 5.73 Å². The van der Waals surface area contributed by atoms with Crippen LogP contribution in [0.5, 0.6) is 0 Å². The fourth-order valence-corrected chi connectivity index (χ4v) is 3.16. The minimum absolute atomic E-state index is 0.127. The van der Waals surface area contributed by atoms with Gasteiger partial charge in [0.25, 0.3) is 0 Å². The van der Waals surface area contributed by atoms with Gasteiger partial charge in [-0.1, -0.05) is 45.2 Å². The lowest BCUT2D eigenvalue weighted by molar-refractivity contribution is 0.288. The molecule has 114 valence electrons. The lowest BCUT2D eigenvalue weighted by atomic mass is 9.80. The Labute approximate surface area is 122 Å². The lowest BCUT2D eigenvalue weighted by Crippen LogP contribution is -2.19. The normalized spacial score (nSPS) is 26.4. The van der Waals surface area contributed by atoms with E-state index in [1.807, 2.05) is 0 Å². The van der Waals surface area contributed by atoms with Crippen molar-refractivity contribution in [2.45, 2.75) is 77.7 Å². The van der Waals surface area contributed by atoms with Crippen LogP contribution in [0.15, 0.2) is 4.52 Å². The van der Waals surface area contributed by atoms with Crippen LogP contribution >= 0.6 is 0 Å². The van der Waals surface area contributed by atoms with Gasteiger partial charge in [0.15, 0.2) is 5.82 Å². The third-order valence-electron chi connectivity index (χ3n) is 4.91. The summed E-state index contributed by atoms with van der Waals surface area (Å²) >= 11 is 0. The van der Waals surface area contributed by atoms with Crippen molar-refractivity contribution in [2.75, 3.05) is 0 Å². The molecule has 0 bridgehead atoms. The quantitative estimate of drug-likeness (QED) is 0.848. The average Bonchev–Trinajstić information content (AvgIpc) is 2.96. The second kappa shape index (κ2) is 7.21. The molecule has 1 aliphatic carbocycles. The number of nitrogens with zero attached hydrogens (tertiary/aromatic N) is 2. The molecule has 0 aromatic carbocycles. The Morgan fingerprint density at radius 3 is 2.55 bits per heavy atom. The first-order chi connectivity index (χ1) is 9.65. The van der Waals surface area contributed by atoms with Gasteiger partial charge < -0.3 is 10.3 Å². The van der Waals surface area contributed by atoms with Gasteiger partial charge in [-0.05, 0) is 37.5 Å². The van der Waals surface area contributed by atoms with Crippen LogP contribution in [-0.4, -0.2) is 10.1 Å². The zero-order valence-corrected chi connectivity index (χ0v) is 13.1. The molecule has 20 heavy (non-hydrogen) atoms. The molecule has 2 atom stereocenters. The van der Waals surface area contributed by atoms with Gasteiger partial charge in [-0.25, -0.2) is 0 Å². The highest BCUT2D eigenvalue weighted by molar-refractivity contribution is 5.00. The van der Waals surface area contributed by atoms with Crippen molar-refractivity contribution in [3.05, 3.63) is 11.7 Å². The van der Waals surface area contributed by atoms with Gasteiger partial charge in [-0.2, -0.15) is 4.98 Å². The summed E-state index contributed by atoms with van der Waals surface area (Å²) < 4.78 is 5.39. The third-order valence-corrected chi connectivity index (χ3v) is 4.91. The third kappa shape index (κ3) is 3.60. The Bertz CT molecular complexity index is 396. The minimum Gasteiger partial charge on any atom is -0.338 e. The van der Waals surface area contributed by atoms with E-state index in [-0.39, 0.29) is 6.04 Å². The van der Waals surface area contributed by atoms with E-state index in [0.717, 1.165) is 18.2 Å². The van der Waals surface area contributed by atoms with Gasteiger partial charge >= 0.3 is 0 Å². The number of nitrogens with two attached hydrogens (primary N) is 1. The van der Waals surface area contributed by atoms with Crippen LogP contribution in [-0.2, 0) is 0 Å². The standard InChI is InChI=1S/C16H29N3O/c1-4-6-12-7-9-13(10-8-12)15-18-16(20-19-15)14(17)11(3)5-2/h11-14H,4-10,17H2,1-3H3. The van der Waals surface area contributed by atoms with Crippen LogP contribution in [0.2, 0.25) is 0 Å². The molecule has 2 N–H and O–H groups in total. The molecule has 1 aliphatic rings. The van der Waals surface area contributed by atoms with E-state index in [2.05, 4.69) is 30.9 Å². The number of aromatic nitrogens is 2. The van der Waals surface area contributed by atoms with Crippen LogP contribution in [0.1, 0.15) is 89.4 Å². The number of rotatable bonds is 6. The Morgan fingerprint density at radius 2 is 1.95 bits per heavy atom. The molecule has 1 aromatic heterocycles. The summed E-state index contributed by atoms with van der Waals surface area (Å²) in [5.74, 6) is 3.26. The zero-order chi connectivity index (χ0) is 14.5. The van der Waals surface area contributed by atoms with Crippen molar-refractivity contribution in [2.24, 2.45) is 17.6 Å². The molecule has 2 unspecified atom stereocenters. The molecule has 1 fully saturated rings. The first-order valence-corrected chi connectivity index (χ1v) is 8.24. The Kier molecular flexibility index (Phi) is 5.58. The molecular weight excluding hydrogens is 250 g/mol. The monoisotopic (exact) mass is 279 g/mol. The maximum atomic E-state index is 6.16. The van der Waals surface area contributed by atoms with Crippen LogP contribution in [0.25, 0.3) is 0 Å². The maximum Gasteiger partial charge on any atom is 0.243 e. The Morgan fingerprint density at radius 1 is 1.25 bits per heavy atom. The van der Waals surface area contributed by atoms with Gasteiger partial charge in [0.2, 0.25) is 5.89 Å². The van der Waals surface area contributed by atoms with Crippen LogP contribution in [0.3, 0.4) is 0 Å². The molecule has 0 radical (unpaired) electrons. The van der Waals surface area contributed by atoms with E-state index < -0.39 is 0 Å². The first kappa shape index (κ1) is 15.5. The molecule has 1 heterocycles. The van der Waals surface area contributed by atoms with Crippen molar-refractivity contribution in [3.63, 3.8) is 0 Å². The molecule has 4 heteroatoms. The Balaban J connectivity index is 1.93. The minimum atomic E-state index is -0.127. The highest BCUT2D eigenvalue weighted by Crippen LogP contribution is 2.36. The predicted molar refractivity (Wildman–Crippen MR) is 80.3 cm³/mol. The summed E-state index contributed by atoms with van der Waals surface area (Å²) in [5, 5.41) is 4.18. The molecule has 4 nitrogen and oxygen atoms in total. The van der Waals surface area contributed by atoms with Crippen molar-refractivity contribution in [1.29, 1.82) is 0 Å². The number of hydrogen-bond acceptors (Lipinski definition) is 4. The van der Waals surface area contributed by atoms with E-state index in [0.29, 0.717) is 17.7 Å². The smallest absolute Gasteiger partial charge is 0.243 e. The van der Waals surface area contributed by atoms with E-state index in [9.17, 15) is 0 Å². The average molecular weight is 279 g/mol. The van der Waals surface area contributed by atoms with Gasteiger partial charge in [0.05, 0.1) is 6.04 Å². The van der Waals surface area contributed by atoms with E-state index in [1.54, 1.807) is 0 Å². The van der Waals surface area contributed by atoms with Crippen molar-refractivity contribution in [3.8, 4) is 0 Å². The molecule has 0 saturated heterocycles. The van der Waals surface area contributed by atoms with Crippen molar-refractivity contribution < 1.29 is 4.52 Å². The molecule has 2 rings (SSSR count). The highest BCUT2D eigenvalue weighted by atomic mass is 16.5. The molecule has 0 spiro atoms. The summed E-state index contributed by atoms with van der Waals surface area (Å²) in [6, 6.07) is -0.127. The molecular formula is C16H29N3O. The molecule has 1 aromatic rings. The van der Waals surface area contributed by atoms with Gasteiger partial charge in [-0.3, -0.25) is 0 Å². The topological polar surface area (TPSA) is 64.9 Å². The summed E-state index contributed by atoms with van der Waals surface area (Å²) in [6.07, 6.45) is 8.69. The fraction of sp³-hybridized carbons (Fsp3) is 0.875.